The van der Waals surface area contributed by atoms with Crippen molar-refractivity contribution in [1.82, 2.24) is 4.89 Å². The molecule has 1 aromatic carbocycles. The largest absolute Gasteiger partial charge is 0.495 e. The number of hydrogen-bond acceptors (Lipinski definition) is 6. The van der Waals surface area contributed by atoms with Gasteiger partial charge in [-0.15, -0.1) is 0 Å². The minimum Gasteiger partial charge on any atom is -0.495 e. The maximum absolute atomic E-state index is 11.9. The third kappa shape index (κ3) is 5.02. The Labute approximate surface area is 121 Å². The fourth-order valence-corrected chi connectivity index (χ4v) is 2.20. The van der Waals surface area contributed by atoms with Gasteiger partial charge in [-0.3, -0.25) is 14.4 Å². The molecule has 1 aromatic rings. The second-order valence-electron chi connectivity index (χ2n) is 3.89. The molecule has 0 fully saturated rings. The molecule has 0 aromatic heterocycles. The predicted molar refractivity (Wildman–Crippen MR) is 72.8 cm³/mol. The summed E-state index contributed by atoms with van der Waals surface area (Å²) < 4.78 is 28.8. The number of primary amides is 1. The Hall–Kier alpha value is -2.17. The molecule has 0 bridgehead atoms. The molecule has 1 rings (SSSR count). The molecule has 21 heavy (non-hydrogen) atoms. The van der Waals surface area contributed by atoms with Crippen LogP contribution in [0.4, 0.5) is 5.69 Å². The molecular weight excluding hydrogens is 302 g/mol. The number of hydrogen-bond donors (Lipinski definition) is 3. The number of carbonyl (C=O) groups is 2. The van der Waals surface area contributed by atoms with Crippen LogP contribution in [0.3, 0.4) is 0 Å². The fourth-order valence-electron chi connectivity index (χ4n) is 1.37. The molecule has 0 unspecified atom stereocenters. The first-order valence-electron chi connectivity index (χ1n) is 5.64. The van der Waals surface area contributed by atoms with E-state index in [0.717, 1.165) is 0 Å². The first kappa shape index (κ1) is 16.9. The average molecular weight is 317 g/mol. The van der Waals surface area contributed by atoms with E-state index in [9.17, 15) is 18.0 Å². The van der Waals surface area contributed by atoms with Gasteiger partial charge in [-0.2, -0.15) is 0 Å². The van der Waals surface area contributed by atoms with Gasteiger partial charge in [0, 0.05) is 6.92 Å². The van der Waals surface area contributed by atoms with Crippen LogP contribution < -0.4 is 20.7 Å². The molecule has 116 valence electrons. The van der Waals surface area contributed by atoms with E-state index < -0.39 is 22.5 Å². The molecule has 0 radical (unpaired) electrons. The Balaban J connectivity index is 3.01. The summed E-state index contributed by atoms with van der Waals surface area (Å²) in [6.45, 7) is 0.669. The monoisotopic (exact) mass is 317 g/mol. The zero-order valence-corrected chi connectivity index (χ0v) is 12.2. The number of benzene rings is 1. The van der Waals surface area contributed by atoms with E-state index in [4.69, 9.17) is 10.5 Å². The van der Waals surface area contributed by atoms with Crippen molar-refractivity contribution in [2.75, 3.05) is 19.0 Å². The van der Waals surface area contributed by atoms with Crippen molar-refractivity contribution >= 4 is 27.5 Å². The van der Waals surface area contributed by atoms with Gasteiger partial charge in [0.2, 0.25) is 11.8 Å². The van der Waals surface area contributed by atoms with Crippen molar-refractivity contribution in [2.24, 2.45) is 5.73 Å². The molecule has 0 saturated heterocycles. The van der Waals surface area contributed by atoms with E-state index in [2.05, 4.69) is 10.2 Å². The number of ether oxygens (including phenoxy) is 1. The summed E-state index contributed by atoms with van der Waals surface area (Å²) >= 11 is 0. The standard InChI is InChI=1S/C11H15N3O6S/c1-7(15)13-9-5-8(3-4-10(9)19-2)21(17,18)14-20-6-11(12)16/h3-5,14H,6H2,1-2H3,(H2,12,16)(H,13,15). The fraction of sp³-hybridized carbons (Fsp3) is 0.273. The molecule has 4 N–H and O–H groups in total. The van der Waals surface area contributed by atoms with Crippen LogP contribution in [0.1, 0.15) is 6.92 Å². The number of nitrogens with one attached hydrogen (secondary N) is 2. The van der Waals surface area contributed by atoms with Gasteiger partial charge in [0.05, 0.1) is 17.7 Å². The first-order valence-corrected chi connectivity index (χ1v) is 7.12. The molecule has 0 heterocycles. The summed E-state index contributed by atoms with van der Waals surface area (Å²) in [6, 6.07) is 3.81. The van der Waals surface area contributed by atoms with Crippen molar-refractivity contribution in [3.8, 4) is 5.75 Å². The van der Waals surface area contributed by atoms with E-state index in [1.54, 1.807) is 4.89 Å². The molecule has 0 atom stereocenters. The number of methoxy groups -OCH3 is 1. The zero-order valence-electron chi connectivity index (χ0n) is 11.4. The van der Waals surface area contributed by atoms with Crippen molar-refractivity contribution in [2.45, 2.75) is 11.8 Å². The molecule has 2 amide bonds. The third-order valence-electron chi connectivity index (χ3n) is 2.18. The van der Waals surface area contributed by atoms with Crippen LogP contribution in [-0.4, -0.2) is 33.9 Å². The number of nitrogens with two attached hydrogens (primary N) is 1. The van der Waals surface area contributed by atoms with Gasteiger partial charge in [0.15, 0.2) is 0 Å². The van der Waals surface area contributed by atoms with Gasteiger partial charge in [-0.1, -0.05) is 4.89 Å². The van der Waals surface area contributed by atoms with Gasteiger partial charge in [0.1, 0.15) is 12.4 Å². The SMILES string of the molecule is COc1ccc(S(=O)(=O)NOCC(N)=O)cc1NC(C)=O. The highest BCUT2D eigenvalue weighted by molar-refractivity contribution is 7.89. The van der Waals surface area contributed by atoms with Crippen LogP contribution in [0, 0.1) is 0 Å². The number of rotatable bonds is 7. The smallest absolute Gasteiger partial charge is 0.262 e. The number of sulfonamides is 1. The lowest BCUT2D eigenvalue weighted by molar-refractivity contribution is -0.123. The van der Waals surface area contributed by atoms with E-state index in [1.807, 2.05) is 0 Å². The number of carbonyl (C=O) groups excluding carboxylic acids is 2. The van der Waals surface area contributed by atoms with Crippen molar-refractivity contribution in [3.05, 3.63) is 18.2 Å². The molecule has 0 aliphatic heterocycles. The van der Waals surface area contributed by atoms with E-state index >= 15 is 0 Å². The average Bonchev–Trinajstić information content (AvgIpc) is 2.37. The molecule has 9 nitrogen and oxygen atoms in total. The summed E-state index contributed by atoms with van der Waals surface area (Å²) in [5, 5.41) is 2.44. The van der Waals surface area contributed by atoms with Gasteiger partial charge in [0.25, 0.3) is 10.0 Å². The molecular formula is C11H15N3O6S. The summed E-state index contributed by atoms with van der Waals surface area (Å²) in [7, 11) is -2.65. The maximum atomic E-state index is 11.9. The van der Waals surface area contributed by atoms with Crippen molar-refractivity contribution < 1.29 is 27.6 Å². The number of anilines is 1. The third-order valence-corrected chi connectivity index (χ3v) is 3.39. The van der Waals surface area contributed by atoms with Gasteiger partial charge >= 0.3 is 0 Å². The van der Waals surface area contributed by atoms with Crippen molar-refractivity contribution in [1.29, 1.82) is 0 Å². The van der Waals surface area contributed by atoms with Crippen LogP contribution in [0.5, 0.6) is 5.75 Å². The maximum Gasteiger partial charge on any atom is 0.262 e. The van der Waals surface area contributed by atoms with E-state index in [1.165, 1.54) is 32.2 Å². The highest BCUT2D eigenvalue weighted by Gasteiger charge is 2.17. The normalized spacial score (nSPS) is 11.0. The topological polar surface area (TPSA) is 137 Å². The Kier molecular flexibility index (Phi) is 5.64. The summed E-state index contributed by atoms with van der Waals surface area (Å²) in [6.07, 6.45) is 0. The van der Waals surface area contributed by atoms with Gasteiger partial charge < -0.3 is 15.8 Å². The number of amides is 2. The Bertz CT molecular complexity index is 643. The Morgan fingerprint density at radius 1 is 1.33 bits per heavy atom. The summed E-state index contributed by atoms with van der Waals surface area (Å²) in [4.78, 5) is 27.6. The minimum absolute atomic E-state index is 0.183. The van der Waals surface area contributed by atoms with Crippen LogP contribution in [0.15, 0.2) is 23.1 Å². The summed E-state index contributed by atoms with van der Waals surface area (Å²) in [5.41, 5.74) is 5.00. The van der Waals surface area contributed by atoms with Crippen LogP contribution in [0.25, 0.3) is 0 Å². The van der Waals surface area contributed by atoms with Crippen LogP contribution in [-0.2, 0) is 24.4 Å². The van der Waals surface area contributed by atoms with E-state index in [0.29, 0.717) is 5.75 Å². The van der Waals surface area contributed by atoms with Crippen LogP contribution in [0.2, 0.25) is 0 Å². The highest BCUT2D eigenvalue weighted by Crippen LogP contribution is 2.27. The summed E-state index contributed by atoms with van der Waals surface area (Å²) in [5.74, 6) is -0.922. The molecule has 10 heteroatoms. The van der Waals surface area contributed by atoms with Gasteiger partial charge in [-0.05, 0) is 18.2 Å². The van der Waals surface area contributed by atoms with Crippen LogP contribution >= 0.6 is 0 Å². The second-order valence-corrected chi connectivity index (χ2v) is 5.53. The minimum atomic E-state index is -4.03. The molecule has 0 saturated carbocycles. The highest BCUT2D eigenvalue weighted by atomic mass is 32.2. The van der Waals surface area contributed by atoms with Gasteiger partial charge in [-0.25, -0.2) is 8.42 Å². The molecule has 0 spiro atoms. The lowest BCUT2D eigenvalue weighted by Gasteiger charge is -2.11. The first-order chi connectivity index (χ1) is 9.76. The predicted octanol–water partition coefficient (Wildman–Crippen LogP) is -0.651. The molecule has 0 aliphatic carbocycles. The second kappa shape index (κ2) is 7.02. The lowest BCUT2D eigenvalue weighted by atomic mass is 10.3. The quantitative estimate of drug-likeness (QED) is 0.571. The van der Waals surface area contributed by atoms with E-state index in [-0.39, 0.29) is 16.5 Å². The van der Waals surface area contributed by atoms with Crippen molar-refractivity contribution in [3.63, 3.8) is 0 Å². The Morgan fingerprint density at radius 3 is 2.52 bits per heavy atom. The Morgan fingerprint density at radius 2 is 2.00 bits per heavy atom. The molecule has 0 aliphatic rings. The lowest BCUT2D eigenvalue weighted by Crippen LogP contribution is -2.29. The zero-order chi connectivity index (χ0) is 16.0.